The molecule has 0 spiro atoms. The lowest BCUT2D eigenvalue weighted by Gasteiger charge is -2.11. The van der Waals surface area contributed by atoms with Crippen molar-refractivity contribution < 1.29 is 13.9 Å². The fourth-order valence-electron chi connectivity index (χ4n) is 2.29. The number of carbonyl (C=O) groups is 1. The zero-order valence-electron chi connectivity index (χ0n) is 15.2. The maximum Gasteiger partial charge on any atom is 0.234 e. The largest absolute Gasteiger partial charge is 0.482 e. The minimum Gasteiger partial charge on any atom is -0.482 e. The van der Waals surface area contributed by atoms with Gasteiger partial charge in [0.2, 0.25) is 11.1 Å². The van der Waals surface area contributed by atoms with E-state index in [1.54, 1.807) is 24.3 Å². The van der Waals surface area contributed by atoms with Gasteiger partial charge in [0.15, 0.2) is 17.4 Å². The lowest BCUT2D eigenvalue weighted by atomic mass is 10.2. The average molecular weight is 456 g/mol. The number of nitrogens with two attached hydrogens (primary N) is 1. The van der Waals surface area contributed by atoms with E-state index in [1.807, 2.05) is 6.92 Å². The van der Waals surface area contributed by atoms with Gasteiger partial charge in [0.1, 0.15) is 6.61 Å². The Kier molecular flexibility index (Phi) is 6.83. The summed E-state index contributed by atoms with van der Waals surface area (Å²) in [5, 5.41) is 11.5. The molecule has 0 saturated heterocycles. The number of ether oxygens (including phenoxy) is 1. The molecule has 11 heteroatoms. The van der Waals surface area contributed by atoms with Crippen molar-refractivity contribution in [2.45, 2.75) is 18.7 Å². The zero-order valence-corrected chi connectivity index (χ0v) is 17.5. The molecule has 0 aliphatic heterocycles. The molecule has 0 radical (unpaired) electrons. The highest BCUT2D eigenvalue weighted by Crippen LogP contribution is 2.33. The van der Waals surface area contributed by atoms with Gasteiger partial charge in [-0.3, -0.25) is 4.79 Å². The minimum atomic E-state index is -0.490. The van der Waals surface area contributed by atoms with Gasteiger partial charge >= 0.3 is 0 Å². The third kappa shape index (κ3) is 5.11. The number of aryl methyl sites for hydroxylation is 1. The summed E-state index contributed by atoms with van der Waals surface area (Å²) < 4.78 is 20.2. The Bertz CT molecular complexity index is 1050. The lowest BCUT2D eigenvalue weighted by molar-refractivity contribution is -0.113. The summed E-state index contributed by atoms with van der Waals surface area (Å²) in [4.78, 5) is 12.3. The molecule has 0 unspecified atom stereocenters. The van der Waals surface area contributed by atoms with Crippen molar-refractivity contribution in [3.8, 4) is 5.75 Å². The van der Waals surface area contributed by atoms with E-state index in [1.165, 1.54) is 16.8 Å². The number of anilines is 1. The molecule has 0 aliphatic rings. The van der Waals surface area contributed by atoms with Gasteiger partial charge in [-0.2, -0.15) is 0 Å². The van der Waals surface area contributed by atoms with Gasteiger partial charge < -0.3 is 15.9 Å². The Morgan fingerprint density at radius 3 is 2.79 bits per heavy atom. The van der Waals surface area contributed by atoms with Crippen LogP contribution >= 0.6 is 35.0 Å². The highest BCUT2D eigenvalue weighted by Gasteiger charge is 2.16. The molecule has 2 aromatic carbocycles. The van der Waals surface area contributed by atoms with Crippen molar-refractivity contribution >= 4 is 46.6 Å². The number of rotatable bonds is 7. The maximum atomic E-state index is 13.6. The Balaban J connectivity index is 1.58. The van der Waals surface area contributed by atoms with Crippen molar-refractivity contribution in [1.82, 2.24) is 14.9 Å². The number of aromatic nitrogens is 3. The quantitative estimate of drug-likeness (QED) is 0.412. The van der Waals surface area contributed by atoms with Gasteiger partial charge in [0.05, 0.1) is 21.5 Å². The van der Waals surface area contributed by atoms with Crippen molar-refractivity contribution in [1.29, 1.82) is 0 Å². The Hall–Kier alpha value is -2.49. The summed E-state index contributed by atoms with van der Waals surface area (Å²) in [5.41, 5.74) is 1.15. The highest BCUT2D eigenvalue weighted by atomic mass is 35.5. The number of carbonyl (C=O) groups excluding carboxylic acids is 1. The second kappa shape index (κ2) is 9.34. The molecule has 29 heavy (non-hydrogen) atoms. The number of para-hydroxylation sites is 1. The molecule has 1 aromatic heterocycles. The molecule has 1 heterocycles. The van der Waals surface area contributed by atoms with E-state index in [2.05, 4.69) is 15.5 Å². The molecular weight excluding hydrogens is 440 g/mol. The van der Waals surface area contributed by atoms with Crippen LogP contribution in [0.1, 0.15) is 11.4 Å². The molecule has 1 amide bonds. The van der Waals surface area contributed by atoms with Gasteiger partial charge in [-0.05, 0) is 30.7 Å². The van der Waals surface area contributed by atoms with Gasteiger partial charge in [0, 0.05) is 0 Å². The first-order chi connectivity index (χ1) is 13.9. The number of hydrogen-bond donors (Lipinski definition) is 2. The van der Waals surface area contributed by atoms with E-state index in [4.69, 9.17) is 33.8 Å². The number of amides is 1. The summed E-state index contributed by atoms with van der Waals surface area (Å²) >= 11 is 13.4. The summed E-state index contributed by atoms with van der Waals surface area (Å²) in [7, 11) is 0. The van der Waals surface area contributed by atoms with Crippen LogP contribution in [0.4, 0.5) is 10.1 Å². The highest BCUT2D eigenvalue weighted by molar-refractivity contribution is 7.99. The number of nitrogens with zero attached hydrogens (tertiary/aromatic N) is 3. The van der Waals surface area contributed by atoms with Gasteiger partial charge in [0.25, 0.3) is 0 Å². The van der Waals surface area contributed by atoms with E-state index in [0.29, 0.717) is 20.9 Å². The normalized spacial score (nSPS) is 10.8. The monoisotopic (exact) mass is 455 g/mol. The van der Waals surface area contributed by atoms with Crippen LogP contribution in [0.5, 0.6) is 5.75 Å². The average Bonchev–Trinajstić information content (AvgIpc) is 3.05. The van der Waals surface area contributed by atoms with Crippen LogP contribution in [-0.4, -0.2) is 26.5 Å². The number of nitrogens with one attached hydrogen (secondary N) is 1. The third-order valence-corrected chi connectivity index (χ3v) is 5.55. The Labute approximate surface area is 180 Å². The summed E-state index contributed by atoms with van der Waals surface area (Å²) in [6.07, 6.45) is 0. The first-order valence-corrected chi connectivity index (χ1v) is 10.0. The number of halogens is 3. The molecule has 0 aliphatic carbocycles. The van der Waals surface area contributed by atoms with E-state index < -0.39 is 5.82 Å². The van der Waals surface area contributed by atoms with E-state index in [0.717, 1.165) is 17.3 Å². The van der Waals surface area contributed by atoms with Crippen LogP contribution in [0.25, 0.3) is 0 Å². The van der Waals surface area contributed by atoms with Crippen LogP contribution < -0.4 is 15.9 Å². The zero-order chi connectivity index (χ0) is 21.0. The lowest BCUT2D eigenvalue weighted by Crippen LogP contribution is -2.18. The Morgan fingerprint density at radius 2 is 2.03 bits per heavy atom. The van der Waals surface area contributed by atoms with Crippen LogP contribution in [-0.2, 0) is 11.4 Å². The molecule has 0 fully saturated rings. The topological polar surface area (TPSA) is 95.1 Å². The van der Waals surface area contributed by atoms with Crippen molar-refractivity contribution in [3.05, 3.63) is 63.6 Å². The summed E-state index contributed by atoms with van der Waals surface area (Å²) in [5.74, 6) is 5.47. The van der Waals surface area contributed by atoms with Crippen LogP contribution in [0.3, 0.4) is 0 Å². The molecule has 3 rings (SSSR count). The van der Waals surface area contributed by atoms with E-state index in [-0.39, 0.29) is 29.8 Å². The van der Waals surface area contributed by atoms with E-state index in [9.17, 15) is 9.18 Å². The molecule has 0 saturated carbocycles. The predicted octanol–water partition coefficient (Wildman–Crippen LogP) is 4.06. The summed E-state index contributed by atoms with van der Waals surface area (Å²) in [6.45, 7) is 1.73. The third-order valence-electron chi connectivity index (χ3n) is 3.81. The van der Waals surface area contributed by atoms with Crippen LogP contribution in [0.2, 0.25) is 10.0 Å². The van der Waals surface area contributed by atoms with Crippen molar-refractivity contribution in [3.63, 3.8) is 0 Å². The van der Waals surface area contributed by atoms with E-state index >= 15 is 0 Å². The number of thioether (sulfide) groups is 1. The van der Waals surface area contributed by atoms with Crippen LogP contribution in [0.15, 0.2) is 41.6 Å². The van der Waals surface area contributed by atoms with Crippen molar-refractivity contribution in [2.24, 2.45) is 0 Å². The second-order valence-electron chi connectivity index (χ2n) is 5.88. The fourth-order valence-corrected chi connectivity index (χ4v) is 3.43. The first kappa shape index (κ1) is 21.2. The smallest absolute Gasteiger partial charge is 0.234 e. The number of nitrogen functional groups attached to an aromatic ring is 1. The SMILES string of the molecule is Cc1ccc(Cl)c(NC(=O)CSc2nnc(COc3ccccc3F)n2N)c1Cl. The standard InChI is InChI=1S/C18H16Cl2FN5O2S/c1-10-6-7-11(19)17(16(10)20)23-15(27)9-29-18-25-24-14(26(18)22)8-28-13-5-3-2-4-12(13)21/h2-7H,8-9,22H2,1H3,(H,23,27). The molecule has 0 atom stereocenters. The Morgan fingerprint density at radius 1 is 1.28 bits per heavy atom. The van der Waals surface area contributed by atoms with Gasteiger partial charge in [-0.1, -0.05) is 53.2 Å². The molecule has 7 nitrogen and oxygen atoms in total. The van der Waals surface area contributed by atoms with Crippen LogP contribution in [0, 0.1) is 12.7 Å². The first-order valence-electron chi connectivity index (χ1n) is 8.30. The molecule has 3 aromatic rings. The second-order valence-corrected chi connectivity index (χ2v) is 7.61. The van der Waals surface area contributed by atoms with Crippen molar-refractivity contribution in [2.75, 3.05) is 16.9 Å². The molecule has 3 N–H and O–H groups in total. The van der Waals surface area contributed by atoms with Gasteiger partial charge in [-0.15, -0.1) is 10.2 Å². The number of benzene rings is 2. The summed E-state index contributed by atoms with van der Waals surface area (Å²) in [6, 6.07) is 9.41. The molecular formula is C18H16Cl2FN5O2S. The number of hydrogen-bond acceptors (Lipinski definition) is 6. The predicted molar refractivity (Wildman–Crippen MR) is 111 cm³/mol. The molecule has 152 valence electrons. The fraction of sp³-hybridized carbons (Fsp3) is 0.167. The maximum absolute atomic E-state index is 13.6. The molecule has 0 bridgehead atoms. The van der Waals surface area contributed by atoms with Gasteiger partial charge in [-0.25, -0.2) is 9.07 Å². The minimum absolute atomic E-state index is 0.00407.